The number of carbonyl (C=O) groups excluding carboxylic acids is 1. The summed E-state index contributed by atoms with van der Waals surface area (Å²) in [6.45, 7) is 1.49. The van der Waals surface area contributed by atoms with Crippen LogP contribution in [0, 0.1) is 18.3 Å². The van der Waals surface area contributed by atoms with Gasteiger partial charge in [0.1, 0.15) is 6.26 Å². The van der Waals surface area contributed by atoms with Gasteiger partial charge in [-0.3, -0.25) is 4.79 Å². The second kappa shape index (κ2) is 4.23. The predicted octanol–water partition coefficient (Wildman–Crippen LogP) is 2.79. The van der Waals surface area contributed by atoms with Crippen LogP contribution in [0.3, 0.4) is 0 Å². The third-order valence-corrected chi connectivity index (χ3v) is 4.56. The molecule has 1 aromatic heterocycles. The van der Waals surface area contributed by atoms with Crippen molar-refractivity contribution in [3.63, 3.8) is 0 Å². The number of oxazole rings is 1. The standard InChI is InChI=1S/C13H15F3N2O2/c1-8-17-10(6-20-8)11(19)18-5-9-3-2-4-12(9,7-18)13(14,15)16/h6,9H,2-5,7H2,1H3/t9-,12-/m0/s1. The highest BCUT2D eigenvalue weighted by Gasteiger charge is 2.65. The van der Waals surface area contributed by atoms with E-state index in [-0.39, 0.29) is 25.2 Å². The topological polar surface area (TPSA) is 46.3 Å². The van der Waals surface area contributed by atoms with E-state index in [1.165, 1.54) is 11.2 Å². The number of aromatic nitrogens is 1. The number of halogens is 3. The van der Waals surface area contributed by atoms with Crippen molar-refractivity contribution in [2.45, 2.75) is 32.4 Å². The van der Waals surface area contributed by atoms with E-state index in [0.717, 1.165) is 0 Å². The van der Waals surface area contributed by atoms with Gasteiger partial charge in [0.2, 0.25) is 0 Å². The van der Waals surface area contributed by atoms with Crippen molar-refractivity contribution in [2.24, 2.45) is 11.3 Å². The number of alkyl halides is 3. The van der Waals surface area contributed by atoms with Gasteiger partial charge in [-0.15, -0.1) is 0 Å². The van der Waals surface area contributed by atoms with Crippen LogP contribution in [0.4, 0.5) is 13.2 Å². The Bertz CT molecular complexity index is 540. The summed E-state index contributed by atoms with van der Waals surface area (Å²) >= 11 is 0. The lowest BCUT2D eigenvalue weighted by Crippen LogP contribution is -2.42. The average molecular weight is 288 g/mol. The first-order valence-electron chi connectivity index (χ1n) is 6.62. The van der Waals surface area contributed by atoms with Crippen LogP contribution in [-0.4, -0.2) is 35.1 Å². The number of likely N-dealkylation sites (tertiary alicyclic amines) is 1. The van der Waals surface area contributed by atoms with Crippen molar-refractivity contribution in [3.05, 3.63) is 17.8 Å². The van der Waals surface area contributed by atoms with Crippen molar-refractivity contribution in [1.29, 1.82) is 0 Å². The molecule has 7 heteroatoms. The molecule has 20 heavy (non-hydrogen) atoms. The quantitative estimate of drug-likeness (QED) is 0.798. The minimum atomic E-state index is -4.26. The molecule has 0 aromatic carbocycles. The Kier molecular flexibility index (Phi) is 2.85. The van der Waals surface area contributed by atoms with Gasteiger partial charge in [0, 0.05) is 20.0 Å². The SMILES string of the molecule is Cc1nc(C(=O)N2C[C@@H]3CCC[C@]3(C(F)(F)F)C2)co1. The van der Waals surface area contributed by atoms with Gasteiger partial charge in [-0.1, -0.05) is 6.42 Å². The highest BCUT2D eigenvalue weighted by atomic mass is 19.4. The highest BCUT2D eigenvalue weighted by molar-refractivity contribution is 5.92. The molecule has 2 atom stereocenters. The summed E-state index contributed by atoms with van der Waals surface area (Å²) in [7, 11) is 0. The fourth-order valence-electron chi connectivity index (χ4n) is 3.53. The number of nitrogens with zero attached hydrogens (tertiary/aromatic N) is 2. The number of rotatable bonds is 1. The summed E-state index contributed by atoms with van der Waals surface area (Å²) in [6, 6.07) is 0. The van der Waals surface area contributed by atoms with Crippen LogP contribution in [-0.2, 0) is 0 Å². The molecule has 3 rings (SSSR count). The Hall–Kier alpha value is -1.53. The number of aryl methyl sites for hydroxylation is 1. The molecule has 0 bridgehead atoms. The number of fused-ring (bicyclic) bond motifs is 1. The first-order valence-corrected chi connectivity index (χ1v) is 6.62. The molecule has 110 valence electrons. The Morgan fingerprint density at radius 3 is 2.85 bits per heavy atom. The van der Waals surface area contributed by atoms with E-state index in [4.69, 9.17) is 4.42 Å². The van der Waals surface area contributed by atoms with Crippen LogP contribution < -0.4 is 0 Å². The second-order valence-corrected chi connectivity index (χ2v) is 5.68. The van der Waals surface area contributed by atoms with Crippen molar-refractivity contribution in [2.75, 3.05) is 13.1 Å². The molecule has 1 saturated heterocycles. The normalized spacial score (nSPS) is 29.8. The second-order valence-electron chi connectivity index (χ2n) is 5.68. The average Bonchev–Trinajstić information content (AvgIpc) is 2.98. The maximum atomic E-state index is 13.4. The Morgan fingerprint density at radius 2 is 2.30 bits per heavy atom. The minimum Gasteiger partial charge on any atom is -0.448 e. The summed E-state index contributed by atoms with van der Waals surface area (Å²) in [6.07, 6.45) is -1.84. The summed E-state index contributed by atoms with van der Waals surface area (Å²) < 4.78 is 45.1. The van der Waals surface area contributed by atoms with Gasteiger partial charge in [0.25, 0.3) is 5.91 Å². The van der Waals surface area contributed by atoms with E-state index < -0.39 is 23.4 Å². The van der Waals surface area contributed by atoms with Crippen molar-refractivity contribution >= 4 is 5.91 Å². The summed E-state index contributed by atoms with van der Waals surface area (Å²) in [5.74, 6) is -0.627. The zero-order valence-corrected chi connectivity index (χ0v) is 11.0. The first kappa shape index (κ1) is 13.5. The summed E-state index contributed by atoms with van der Waals surface area (Å²) in [5.41, 5.74) is -1.64. The van der Waals surface area contributed by atoms with Crippen molar-refractivity contribution in [3.8, 4) is 0 Å². The molecule has 2 aliphatic rings. The number of amides is 1. The molecule has 1 aliphatic heterocycles. The predicted molar refractivity (Wildman–Crippen MR) is 63.0 cm³/mol. The van der Waals surface area contributed by atoms with Gasteiger partial charge < -0.3 is 9.32 Å². The third kappa shape index (κ3) is 1.83. The first-order chi connectivity index (χ1) is 9.33. The van der Waals surface area contributed by atoms with E-state index in [9.17, 15) is 18.0 Å². The number of hydrogen-bond acceptors (Lipinski definition) is 3. The molecular formula is C13H15F3N2O2. The fraction of sp³-hybridized carbons (Fsp3) is 0.692. The molecule has 1 aliphatic carbocycles. The maximum Gasteiger partial charge on any atom is 0.396 e. The van der Waals surface area contributed by atoms with Crippen LogP contribution in [0.25, 0.3) is 0 Å². The fourth-order valence-corrected chi connectivity index (χ4v) is 3.53. The molecule has 1 saturated carbocycles. The van der Waals surface area contributed by atoms with Crippen molar-refractivity contribution in [1.82, 2.24) is 9.88 Å². The van der Waals surface area contributed by atoms with Gasteiger partial charge in [0.15, 0.2) is 11.6 Å². The third-order valence-electron chi connectivity index (χ3n) is 4.56. The maximum absolute atomic E-state index is 13.4. The molecule has 0 N–H and O–H groups in total. The molecular weight excluding hydrogens is 273 g/mol. The van der Waals surface area contributed by atoms with Crippen LogP contribution in [0.5, 0.6) is 0 Å². The van der Waals surface area contributed by atoms with Gasteiger partial charge in [0.05, 0.1) is 5.41 Å². The Labute approximate surface area is 114 Å². The lowest BCUT2D eigenvalue weighted by atomic mass is 9.80. The zero-order chi connectivity index (χ0) is 14.5. The molecule has 0 unspecified atom stereocenters. The van der Waals surface area contributed by atoms with Crippen LogP contribution >= 0.6 is 0 Å². The van der Waals surface area contributed by atoms with E-state index in [1.54, 1.807) is 6.92 Å². The molecule has 1 amide bonds. The molecule has 0 spiro atoms. The minimum absolute atomic E-state index is 0.0831. The van der Waals surface area contributed by atoms with Gasteiger partial charge in [-0.25, -0.2) is 4.98 Å². The number of carbonyl (C=O) groups is 1. The molecule has 2 heterocycles. The van der Waals surface area contributed by atoms with Crippen molar-refractivity contribution < 1.29 is 22.4 Å². The van der Waals surface area contributed by atoms with E-state index in [0.29, 0.717) is 18.7 Å². The molecule has 1 aromatic rings. The van der Waals surface area contributed by atoms with E-state index in [2.05, 4.69) is 4.98 Å². The highest BCUT2D eigenvalue weighted by Crippen LogP contribution is 2.57. The molecule has 0 radical (unpaired) electrons. The monoisotopic (exact) mass is 288 g/mol. The largest absolute Gasteiger partial charge is 0.448 e. The van der Waals surface area contributed by atoms with Crippen LogP contribution in [0.2, 0.25) is 0 Å². The summed E-state index contributed by atoms with van der Waals surface area (Å²) in [4.78, 5) is 17.4. The smallest absolute Gasteiger partial charge is 0.396 e. The number of hydrogen-bond donors (Lipinski definition) is 0. The summed E-state index contributed by atoms with van der Waals surface area (Å²) in [5, 5.41) is 0. The van der Waals surface area contributed by atoms with E-state index >= 15 is 0 Å². The Morgan fingerprint density at radius 1 is 1.55 bits per heavy atom. The lowest BCUT2D eigenvalue weighted by molar-refractivity contribution is -0.226. The zero-order valence-electron chi connectivity index (χ0n) is 11.0. The molecule has 4 nitrogen and oxygen atoms in total. The van der Waals surface area contributed by atoms with Crippen LogP contribution in [0.1, 0.15) is 35.6 Å². The van der Waals surface area contributed by atoms with E-state index in [1.807, 2.05) is 0 Å². The lowest BCUT2D eigenvalue weighted by Gasteiger charge is -2.31. The van der Waals surface area contributed by atoms with Gasteiger partial charge >= 0.3 is 6.18 Å². The molecule has 2 fully saturated rings. The van der Waals surface area contributed by atoms with Crippen LogP contribution in [0.15, 0.2) is 10.7 Å². The van der Waals surface area contributed by atoms with Gasteiger partial charge in [-0.2, -0.15) is 13.2 Å². The van der Waals surface area contributed by atoms with Gasteiger partial charge in [-0.05, 0) is 18.8 Å². The Balaban J connectivity index is 1.84.